The molecule has 2 aromatic rings. The lowest BCUT2D eigenvalue weighted by molar-refractivity contribution is 0.0696. The van der Waals surface area contributed by atoms with Gasteiger partial charge in [-0.15, -0.1) is 0 Å². The Labute approximate surface area is 150 Å². The van der Waals surface area contributed by atoms with E-state index in [0.29, 0.717) is 5.56 Å². The molecule has 0 aliphatic heterocycles. The van der Waals surface area contributed by atoms with Crippen LogP contribution in [0.5, 0.6) is 0 Å². The van der Waals surface area contributed by atoms with Gasteiger partial charge in [0.25, 0.3) is 0 Å². The Morgan fingerprint density at radius 1 is 0.920 bits per heavy atom. The lowest BCUT2D eigenvalue weighted by Crippen LogP contribution is -2.32. The van der Waals surface area contributed by atoms with Gasteiger partial charge in [0.2, 0.25) is 0 Å². The van der Waals surface area contributed by atoms with E-state index in [2.05, 4.69) is 48.2 Å². The van der Waals surface area contributed by atoms with Gasteiger partial charge >= 0.3 is 5.97 Å². The molecule has 0 atom stereocenters. The van der Waals surface area contributed by atoms with Crippen LogP contribution in [-0.4, -0.2) is 54.6 Å². The SMILES string of the molecule is CN(C)CCN(CCCc1ccccc1)Cc1cccc(C(=O)O)c1. The van der Waals surface area contributed by atoms with Crippen molar-refractivity contribution >= 4 is 5.97 Å². The predicted molar refractivity (Wildman–Crippen MR) is 102 cm³/mol. The van der Waals surface area contributed by atoms with Gasteiger partial charge < -0.3 is 10.0 Å². The zero-order valence-corrected chi connectivity index (χ0v) is 15.2. The third-order valence-electron chi connectivity index (χ3n) is 4.23. The highest BCUT2D eigenvalue weighted by molar-refractivity contribution is 5.87. The van der Waals surface area contributed by atoms with Crippen LogP contribution in [0.2, 0.25) is 0 Å². The number of nitrogens with zero attached hydrogens (tertiary/aromatic N) is 2. The van der Waals surface area contributed by atoms with E-state index < -0.39 is 5.97 Å². The zero-order valence-electron chi connectivity index (χ0n) is 15.2. The van der Waals surface area contributed by atoms with Gasteiger partial charge in [0.15, 0.2) is 0 Å². The van der Waals surface area contributed by atoms with E-state index in [1.807, 2.05) is 18.2 Å². The Hall–Kier alpha value is -2.17. The molecule has 0 fully saturated rings. The molecule has 0 aromatic heterocycles. The summed E-state index contributed by atoms with van der Waals surface area (Å²) in [7, 11) is 4.15. The van der Waals surface area contributed by atoms with Crippen molar-refractivity contribution in [2.75, 3.05) is 33.7 Å². The number of carboxylic acid groups (broad SMARTS) is 1. The van der Waals surface area contributed by atoms with Gasteiger partial charge in [-0.1, -0.05) is 42.5 Å². The minimum atomic E-state index is -0.870. The molecular formula is C21H28N2O2. The Balaban J connectivity index is 1.94. The average molecular weight is 340 g/mol. The number of aromatic carboxylic acids is 1. The lowest BCUT2D eigenvalue weighted by Gasteiger charge is -2.24. The number of likely N-dealkylation sites (N-methyl/N-ethyl adjacent to an activating group) is 1. The minimum absolute atomic E-state index is 0.356. The second-order valence-electron chi connectivity index (χ2n) is 6.67. The van der Waals surface area contributed by atoms with Gasteiger partial charge in [-0.3, -0.25) is 4.90 Å². The largest absolute Gasteiger partial charge is 0.478 e. The molecule has 4 nitrogen and oxygen atoms in total. The molecule has 0 saturated heterocycles. The highest BCUT2D eigenvalue weighted by atomic mass is 16.4. The second-order valence-corrected chi connectivity index (χ2v) is 6.67. The number of rotatable bonds is 10. The van der Waals surface area contributed by atoms with Crippen molar-refractivity contribution in [3.05, 3.63) is 71.3 Å². The topological polar surface area (TPSA) is 43.8 Å². The van der Waals surface area contributed by atoms with E-state index in [1.54, 1.807) is 12.1 Å². The van der Waals surface area contributed by atoms with E-state index in [-0.39, 0.29) is 0 Å². The fourth-order valence-electron chi connectivity index (χ4n) is 2.82. The molecule has 1 N–H and O–H groups in total. The first-order valence-corrected chi connectivity index (χ1v) is 8.78. The number of benzene rings is 2. The minimum Gasteiger partial charge on any atom is -0.478 e. The number of aryl methyl sites for hydroxylation is 1. The first-order chi connectivity index (χ1) is 12.0. The molecule has 0 aliphatic carbocycles. The number of hydrogen-bond donors (Lipinski definition) is 1. The van der Waals surface area contributed by atoms with Crippen LogP contribution >= 0.6 is 0 Å². The fraction of sp³-hybridized carbons (Fsp3) is 0.381. The van der Waals surface area contributed by atoms with Crippen LogP contribution < -0.4 is 0 Å². The molecule has 0 bridgehead atoms. The number of carboxylic acids is 1. The van der Waals surface area contributed by atoms with Crippen molar-refractivity contribution in [2.45, 2.75) is 19.4 Å². The third-order valence-corrected chi connectivity index (χ3v) is 4.23. The maximum absolute atomic E-state index is 11.2. The summed E-state index contributed by atoms with van der Waals surface area (Å²) in [4.78, 5) is 15.7. The van der Waals surface area contributed by atoms with E-state index in [9.17, 15) is 4.79 Å². The Morgan fingerprint density at radius 2 is 1.64 bits per heavy atom. The summed E-state index contributed by atoms with van der Waals surface area (Å²) in [6, 6.07) is 17.8. The summed E-state index contributed by atoms with van der Waals surface area (Å²) in [6.45, 7) is 3.74. The Kier molecular flexibility index (Phi) is 7.64. The summed E-state index contributed by atoms with van der Waals surface area (Å²) in [6.07, 6.45) is 2.16. The monoisotopic (exact) mass is 340 g/mol. The van der Waals surface area contributed by atoms with E-state index in [4.69, 9.17) is 5.11 Å². The van der Waals surface area contributed by atoms with Gasteiger partial charge in [-0.05, 0) is 56.7 Å². The molecular weight excluding hydrogens is 312 g/mol. The summed E-state index contributed by atoms with van der Waals surface area (Å²) in [5, 5.41) is 9.17. The first-order valence-electron chi connectivity index (χ1n) is 8.78. The van der Waals surface area contributed by atoms with Crippen molar-refractivity contribution in [1.29, 1.82) is 0 Å². The maximum atomic E-state index is 11.2. The molecule has 0 unspecified atom stereocenters. The van der Waals surface area contributed by atoms with Crippen LogP contribution in [0.3, 0.4) is 0 Å². The summed E-state index contributed by atoms with van der Waals surface area (Å²) in [5.74, 6) is -0.870. The van der Waals surface area contributed by atoms with Gasteiger partial charge in [0.05, 0.1) is 5.56 Å². The van der Waals surface area contributed by atoms with E-state index in [0.717, 1.165) is 44.6 Å². The quantitative estimate of drug-likeness (QED) is 0.720. The van der Waals surface area contributed by atoms with Crippen molar-refractivity contribution in [2.24, 2.45) is 0 Å². The Morgan fingerprint density at radius 3 is 2.32 bits per heavy atom. The van der Waals surface area contributed by atoms with Gasteiger partial charge in [-0.2, -0.15) is 0 Å². The van der Waals surface area contributed by atoms with Gasteiger partial charge in [0.1, 0.15) is 0 Å². The molecule has 0 saturated carbocycles. The first kappa shape index (κ1) is 19.2. The predicted octanol–water partition coefficient (Wildman–Crippen LogP) is 3.38. The average Bonchev–Trinajstić information content (AvgIpc) is 2.60. The molecule has 0 heterocycles. The highest BCUT2D eigenvalue weighted by Crippen LogP contribution is 2.10. The van der Waals surface area contributed by atoms with Crippen LogP contribution in [0.1, 0.15) is 27.9 Å². The third kappa shape index (κ3) is 7.08. The molecule has 4 heteroatoms. The maximum Gasteiger partial charge on any atom is 0.335 e. The van der Waals surface area contributed by atoms with E-state index >= 15 is 0 Å². The molecule has 0 spiro atoms. The highest BCUT2D eigenvalue weighted by Gasteiger charge is 2.09. The van der Waals surface area contributed by atoms with Crippen LogP contribution in [-0.2, 0) is 13.0 Å². The van der Waals surface area contributed by atoms with Crippen LogP contribution in [0.4, 0.5) is 0 Å². The van der Waals surface area contributed by atoms with Crippen LogP contribution in [0, 0.1) is 0 Å². The summed E-state index contributed by atoms with van der Waals surface area (Å²) < 4.78 is 0. The normalized spacial score (nSPS) is 11.2. The molecule has 2 aromatic carbocycles. The van der Waals surface area contributed by atoms with Crippen molar-refractivity contribution < 1.29 is 9.90 Å². The lowest BCUT2D eigenvalue weighted by atomic mass is 10.1. The molecule has 0 amide bonds. The van der Waals surface area contributed by atoms with Crippen molar-refractivity contribution in [3.8, 4) is 0 Å². The van der Waals surface area contributed by atoms with Crippen molar-refractivity contribution in [3.63, 3.8) is 0 Å². The van der Waals surface area contributed by atoms with Gasteiger partial charge in [0, 0.05) is 19.6 Å². The fourth-order valence-corrected chi connectivity index (χ4v) is 2.82. The molecule has 2 rings (SSSR count). The van der Waals surface area contributed by atoms with Crippen LogP contribution in [0.25, 0.3) is 0 Å². The number of carbonyl (C=O) groups is 1. The standard InChI is InChI=1S/C21H28N2O2/c1-22(2)14-15-23(13-7-11-18-8-4-3-5-9-18)17-19-10-6-12-20(16-19)21(24)25/h3-6,8-10,12,16H,7,11,13-15,17H2,1-2H3,(H,24,25). The Bertz CT molecular complexity index is 656. The zero-order chi connectivity index (χ0) is 18.1. The number of hydrogen-bond acceptors (Lipinski definition) is 3. The van der Waals surface area contributed by atoms with Crippen molar-refractivity contribution in [1.82, 2.24) is 9.80 Å². The molecule has 0 aliphatic rings. The second kappa shape index (κ2) is 9.97. The molecule has 0 radical (unpaired) electrons. The summed E-state index contributed by atoms with van der Waals surface area (Å²) >= 11 is 0. The van der Waals surface area contributed by atoms with E-state index in [1.165, 1.54) is 5.56 Å². The summed E-state index contributed by atoms with van der Waals surface area (Å²) in [5.41, 5.74) is 2.77. The molecule has 25 heavy (non-hydrogen) atoms. The van der Waals surface area contributed by atoms with Crippen LogP contribution in [0.15, 0.2) is 54.6 Å². The molecule has 134 valence electrons. The smallest absolute Gasteiger partial charge is 0.335 e. The van der Waals surface area contributed by atoms with Gasteiger partial charge in [-0.25, -0.2) is 4.79 Å².